The molecule has 0 atom stereocenters. The topological polar surface area (TPSA) is 52.7 Å². The first-order valence-electron chi connectivity index (χ1n) is 6.37. The van der Waals surface area contributed by atoms with Crippen molar-refractivity contribution in [2.75, 3.05) is 40.3 Å². The third kappa shape index (κ3) is 3.00. The Kier molecular flexibility index (Phi) is 4.62. The van der Waals surface area contributed by atoms with Gasteiger partial charge in [0.05, 0.1) is 0 Å². The molecule has 1 aliphatic heterocycles. The van der Waals surface area contributed by atoms with Crippen LogP contribution in [-0.2, 0) is 16.6 Å². The SMILES string of the molecule is CNCc1scc(C)c1S(=O)(=O)N1CCN(C)CC1. The minimum atomic E-state index is -3.35. The molecule has 108 valence electrons. The van der Waals surface area contributed by atoms with Crippen LogP contribution < -0.4 is 5.32 Å². The highest BCUT2D eigenvalue weighted by Gasteiger charge is 2.31. The zero-order valence-electron chi connectivity index (χ0n) is 11.6. The molecule has 1 aliphatic rings. The van der Waals surface area contributed by atoms with E-state index in [0.717, 1.165) is 23.5 Å². The van der Waals surface area contributed by atoms with Crippen molar-refractivity contribution < 1.29 is 8.42 Å². The summed E-state index contributed by atoms with van der Waals surface area (Å²) in [6.07, 6.45) is 0. The summed E-state index contributed by atoms with van der Waals surface area (Å²) in [6.45, 7) is 5.22. The standard InChI is InChI=1S/C12H21N3O2S2/c1-10-9-18-11(8-13-2)12(10)19(16,17)15-6-4-14(3)5-7-15/h9,13H,4-8H2,1-3H3. The van der Waals surface area contributed by atoms with Gasteiger partial charge < -0.3 is 10.2 Å². The highest BCUT2D eigenvalue weighted by molar-refractivity contribution is 7.89. The van der Waals surface area contributed by atoms with E-state index in [1.54, 1.807) is 4.31 Å². The lowest BCUT2D eigenvalue weighted by Crippen LogP contribution is -2.47. The monoisotopic (exact) mass is 303 g/mol. The number of rotatable bonds is 4. The first-order chi connectivity index (χ1) is 8.96. The average Bonchev–Trinajstić information content (AvgIpc) is 2.72. The second-order valence-corrected chi connectivity index (χ2v) is 7.75. The maximum atomic E-state index is 12.8. The van der Waals surface area contributed by atoms with Crippen LogP contribution in [0.15, 0.2) is 10.3 Å². The predicted molar refractivity (Wildman–Crippen MR) is 78.1 cm³/mol. The molecular weight excluding hydrogens is 282 g/mol. The van der Waals surface area contributed by atoms with E-state index in [2.05, 4.69) is 10.2 Å². The Labute approximate surface area is 119 Å². The number of aryl methyl sites for hydroxylation is 1. The second kappa shape index (κ2) is 5.88. The zero-order valence-corrected chi connectivity index (χ0v) is 13.3. The van der Waals surface area contributed by atoms with Crippen LogP contribution in [0.3, 0.4) is 0 Å². The van der Waals surface area contributed by atoms with Crippen LogP contribution in [0, 0.1) is 6.92 Å². The van der Waals surface area contributed by atoms with Crippen LogP contribution >= 0.6 is 11.3 Å². The van der Waals surface area contributed by atoms with Crippen LogP contribution in [0.5, 0.6) is 0 Å². The number of nitrogens with zero attached hydrogens (tertiary/aromatic N) is 2. The van der Waals surface area contributed by atoms with Crippen LogP contribution in [0.2, 0.25) is 0 Å². The van der Waals surface area contributed by atoms with Gasteiger partial charge >= 0.3 is 0 Å². The fourth-order valence-electron chi connectivity index (χ4n) is 2.27. The number of nitrogens with one attached hydrogen (secondary N) is 1. The molecule has 0 bridgehead atoms. The Morgan fingerprint density at radius 2 is 1.95 bits per heavy atom. The molecule has 2 rings (SSSR count). The van der Waals surface area contributed by atoms with Crippen molar-refractivity contribution in [2.24, 2.45) is 0 Å². The molecule has 1 N–H and O–H groups in total. The van der Waals surface area contributed by atoms with Gasteiger partial charge in [-0.1, -0.05) is 0 Å². The predicted octanol–water partition coefficient (Wildman–Crippen LogP) is 0.712. The summed E-state index contributed by atoms with van der Waals surface area (Å²) in [5.41, 5.74) is 0.856. The number of piperazine rings is 1. The highest BCUT2D eigenvalue weighted by Crippen LogP contribution is 2.29. The molecule has 0 unspecified atom stereocenters. The van der Waals surface area contributed by atoms with Gasteiger partial charge in [0.2, 0.25) is 10.0 Å². The average molecular weight is 303 g/mol. The van der Waals surface area contributed by atoms with Gasteiger partial charge in [0.15, 0.2) is 0 Å². The van der Waals surface area contributed by atoms with Gasteiger partial charge in [-0.05, 0) is 32.0 Å². The number of thiophene rings is 1. The molecule has 2 heterocycles. The van der Waals surface area contributed by atoms with E-state index < -0.39 is 10.0 Å². The van der Waals surface area contributed by atoms with Crippen LogP contribution in [0.25, 0.3) is 0 Å². The fourth-order valence-corrected chi connectivity index (χ4v) is 5.47. The van der Waals surface area contributed by atoms with Crippen LogP contribution in [0.4, 0.5) is 0 Å². The summed E-state index contributed by atoms with van der Waals surface area (Å²) < 4.78 is 27.1. The maximum Gasteiger partial charge on any atom is 0.244 e. The fraction of sp³-hybridized carbons (Fsp3) is 0.667. The summed E-state index contributed by atoms with van der Waals surface area (Å²) in [7, 11) is 0.506. The van der Waals surface area contributed by atoms with E-state index in [-0.39, 0.29) is 0 Å². The Hall–Kier alpha value is -0.470. The minimum Gasteiger partial charge on any atom is -0.315 e. The van der Waals surface area contributed by atoms with E-state index in [9.17, 15) is 8.42 Å². The molecule has 0 saturated carbocycles. The third-order valence-electron chi connectivity index (χ3n) is 3.39. The minimum absolute atomic E-state index is 0.511. The van der Waals surface area contributed by atoms with Gasteiger partial charge in [-0.2, -0.15) is 4.31 Å². The number of hydrogen-bond donors (Lipinski definition) is 1. The van der Waals surface area contributed by atoms with Crippen molar-refractivity contribution in [3.05, 3.63) is 15.8 Å². The molecule has 1 saturated heterocycles. The molecule has 0 radical (unpaired) electrons. The van der Waals surface area contributed by atoms with E-state index in [0.29, 0.717) is 24.5 Å². The van der Waals surface area contributed by atoms with E-state index in [4.69, 9.17) is 0 Å². The Morgan fingerprint density at radius 1 is 1.32 bits per heavy atom. The quantitative estimate of drug-likeness (QED) is 0.890. The smallest absolute Gasteiger partial charge is 0.244 e. The van der Waals surface area contributed by atoms with Crippen molar-refractivity contribution in [3.8, 4) is 0 Å². The van der Waals surface area contributed by atoms with Gasteiger partial charge in [0.1, 0.15) is 4.90 Å². The molecule has 5 nitrogen and oxygen atoms in total. The highest BCUT2D eigenvalue weighted by atomic mass is 32.2. The van der Waals surface area contributed by atoms with Crippen molar-refractivity contribution in [1.29, 1.82) is 0 Å². The Bertz CT molecular complexity index is 531. The molecule has 0 aliphatic carbocycles. The summed E-state index contributed by atoms with van der Waals surface area (Å²) in [6, 6.07) is 0. The first-order valence-corrected chi connectivity index (χ1v) is 8.69. The number of sulfonamides is 1. The third-order valence-corrected chi connectivity index (χ3v) is 6.75. The number of hydrogen-bond acceptors (Lipinski definition) is 5. The lowest BCUT2D eigenvalue weighted by molar-refractivity contribution is 0.222. The van der Waals surface area contributed by atoms with Crippen LogP contribution in [0.1, 0.15) is 10.4 Å². The lowest BCUT2D eigenvalue weighted by Gasteiger charge is -2.31. The van der Waals surface area contributed by atoms with Crippen molar-refractivity contribution in [2.45, 2.75) is 18.4 Å². The summed E-state index contributed by atoms with van der Waals surface area (Å²) in [5, 5.41) is 4.97. The molecule has 1 fully saturated rings. The van der Waals surface area contributed by atoms with Gasteiger partial charge in [0.25, 0.3) is 0 Å². The van der Waals surface area contributed by atoms with Gasteiger partial charge in [-0.15, -0.1) is 11.3 Å². The first kappa shape index (κ1) is 14.9. The van der Waals surface area contributed by atoms with Gasteiger partial charge in [-0.25, -0.2) is 8.42 Å². The summed E-state index contributed by atoms with van der Waals surface area (Å²) in [5.74, 6) is 0. The second-order valence-electron chi connectivity index (χ2n) is 4.91. The van der Waals surface area contributed by atoms with E-state index in [1.165, 1.54) is 11.3 Å². The molecule has 0 amide bonds. The Morgan fingerprint density at radius 3 is 2.53 bits per heavy atom. The maximum absolute atomic E-state index is 12.8. The largest absolute Gasteiger partial charge is 0.315 e. The van der Waals surface area contributed by atoms with Crippen molar-refractivity contribution in [1.82, 2.24) is 14.5 Å². The van der Waals surface area contributed by atoms with Crippen molar-refractivity contribution in [3.63, 3.8) is 0 Å². The van der Waals surface area contributed by atoms with E-state index >= 15 is 0 Å². The molecule has 7 heteroatoms. The molecule has 0 aromatic carbocycles. The van der Waals surface area contributed by atoms with Gasteiger partial charge in [-0.3, -0.25) is 0 Å². The van der Waals surface area contributed by atoms with Crippen LogP contribution in [-0.4, -0.2) is 57.9 Å². The Balaban J connectivity index is 2.31. The normalized spacial score (nSPS) is 18.9. The number of likely N-dealkylation sites (N-methyl/N-ethyl adjacent to an activating group) is 1. The molecule has 1 aromatic heterocycles. The molecule has 1 aromatic rings. The molecule has 0 spiro atoms. The van der Waals surface area contributed by atoms with Crippen molar-refractivity contribution >= 4 is 21.4 Å². The zero-order chi connectivity index (χ0) is 14.0. The molecular formula is C12H21N3O2S2. The summed E-state index contributed by atoms with van der Waals surface area (Å²) >= 11 is 1.51. The lowest BCUT2D eigenvalue weighted by atomic mass is 10.3. The van der Waals surface area contributed by atoms with E-state index in [1.807, 2.05) is 26.4 Å². The van der Waals surface area contributed by atoms with Gasteiger partial charge in [0, 0.05) is 37.6 Å². The summed E-state index contributed by atoms with van der Waals surface area (Å²) in [4.78, 5) is 3.57. The molecule has 19 heavy (non-hydrogen) atoms.